The molecule has 0 spiro atoms. The fourth-order valence-electron chi connectivity index (χ4n) is 2.66. The van der Waals surface area contributed by atoms with Gasteiger partial charge in [-0.05, 0) is 25.2 Å². The highest BCUT2D eigenvalue weighted by Crippen LogP contribution is 2.28. The van der Waals surface area contributed by atoms with Crippen molar-refractivity contribution in [2.24, 2.45) is 0 Å². The molecule has 0 bridgehead atoms. The summed E-state index contributed by atoms with van der Waals surface area (Å²) in [4.78, 5) is 26.5. The van der Waals surface area contributed by atoms with Crippen molar-refractivity contribution in [3.63, 3.8) is 0 Å². The SMILES string of the molecule is CCOC(=O)N1C=CC=C(N2CCC(OC)(C(=O)O)CC2)C=C1. The molecule has 2 aliphatic rings. The number of carboxylic acids is 1. The second-order valence-corrected chi connectivity index (χ2v) is 5.35. The molecule has 23 heavy (non-hydrogen) atoms. The van der Waals surface area contributed by atoms with E-state index in [2.05, 4.69) is 4.90 Å². The molecule has 126 valence electrons. The van der Waals surface area contributed by atoms with Crippen molar-refractivity contribution in [3.05, 3.63) is 36.3 Å². The van der Waals surface area contributed by atoms with E-state index in [1.54, 1.807) is 25.4 Å². The Bertz CT molecular complexity index is 545. The first kappa shape index (κ1) is 17.1. The van der Waals surface area contributed by atoms with Gasteiger partial charge in [0.1, 0.15) is 0 Å². The van der Waals surface area contributed by atoms with Gasteiger partial charge in [0.25, 0.3) is 0 Å². The van der Waals surface area contributed by atoms with Crippen LogP contribution in [-0.2, 0) is 14.3 Å². The van der Waals surface area contributed by atoms with E-state index >= 15 is 0 Å². The highest BCUT2D eigenvalue weighted by molar-refractivity contribution is 5.77. The van der Waals surface area contributed by atoms with E-state index in [4.69, 9.17) is 9.47 Å². The Morgan fingerprint density at radius 2 is 2.00 bits per heavy atom. The van der Waals surface area contributed by atoms with Crippen molar-refractivity contribution in [3.8, 4) is 0 Å². The van der Waals surface area contributed by atoms with Gasteiger partial charge in [-0.25, -0.2) is 9.59 Å². The maximum Gasteiger partial charge on any atom is 0.417 e. The van der Waals surface area contributed by atoms with Crippen LogP contribution in [0.5, 0.6) is 0 Å². The molecule has 2 rings (SSSR count). The van der Waals surface area contributed by atoms with Crippen molar-refractivity contribution >= 4 is 12.1 Å². The van der Waals surface area contributed by atoms with E-state index in [-0.39, 0.29) is 0 Å². The van der Waals surface area contributed by atoms with Gasteiger partial charge in [-0.1, -0.05) is 0 Å². The second-order valence-electron chi connectivity index (χ2n) is 5.35. The number of ether oxygens (including phenoxy) is 2. The number of carbonyl (C=O) groups excluding carboxylic acids is 1. The Morgan fingerprint density at radius 3 is 2.57 bits per heavy atom. The molecule has 0 aromatic heterocycles. The van der Waals surface area contributed by atoms with Crippen LogP contribution in [0.1, 0.15) is 19.8 Å². The summed E-state index contributed by atoms with van der Waals surface area (Å²) in [6.07, 6.45) is 9.13. The fourth-order valence-corrected chi connectivity index (χ4v) is 2.66. The van der Waals surface area contributed by atoms with E-state index in [1.165, 1.54) is 12.0 Å². The number of aliphatic carboxylic acids is 1. The van der Waals surface area contributed by atoms with Gasteiger partial charge in [-0.3, -0.25) is 4.90 Å². The maximum atomic E-state index is 11.7. The Hall–Kier alpha value is -2.28. The molecule has 0 unspecified atom stereocenters. The van der Waals surface area contributed by atoms with Gasteiger partial charge in [-0.15, -0.1) is 0 Å². The molecular weight excluding hydrogens is 300 g/mol. The molecule has 0 saturated carbocycles. The first-order valence-corrected chi connectivity index (χ1v) is 7.57. The molecule has 7 heteroatoms. The van der Waals surface area contributed by atoms with Crippen LogP contribution < -0.4 is 0 Å². The average Bonchev–Trinajstić information content (AvgIpc) is 2.81. The van der Waals surface area contributed by atoms with Crippen LogP contribution in [0.4, 0.5) is 4.79 Å². The molecule has 2 heterocycles. The molecule has 1 N–H and O–H groups in total. The minimum Gasteiger partial charge on any atom is -0.479 e. The first-order chi connectivity index (χ1) is 11.0. The molecule has 1 saturated heterocycles. The summed E-state index contributed by atoms with van der Waals surface area (Å²) < 4.78 is 10.2. The molecule has 0 aromatic carbocycles. The zero-order valence-electron chi connectivity index (χ0n) is 13.4. The van der Waals surface area contributed by atoms with Gasteiger partial charge in [0.05, 0.1) is 6.61 Å². The van der Waals surface area contributed by atoms with Crippen LogP contribution in [0.15, 0.2) is 36.3 Å². The second kappa shape index (κ2) is 7.32. The number of nitrogens with zero attached hydrogens (tertiary/aromatic N) is 2. The van der Waals surface area contributed by atoms with E-state index in [9.17, 15) is 14.7 Å². The Labute approximate surface area is 135 Å². The molecule has 0 radical (unpaired) electrons. The number of hydrogen-bond acceptors (Lipinski definition) is 5. The van der Waals surface area contributed by atoms with Gasteiger partial charge >= 0.3 is 12.1 Å². The number of carboxylic acid groups (broad SMARTS) is 1. The van der Waals surface area contributed by atoms with E-state index in [0.29, 0.717) is 32.5 Å². The lowest BCUT2D eigenvalue weighted by atomic mass is 9.91. The standard InChI is InChI=1S/C16H22N2O5/c1-3-23-15(21)18-9-4-5-13(6-10-18)17-11-7-16(22-2,8-12-17)14(19)20/h4-6,9-10H,3,7-8,11-12H2,1-2H3,(H,19,20). The molecule has 7 nitrogen and oxygen atoms in total. The van der Waals surface area contributed by atoms with E-state index in [1.807, 2.05) is 12.2 Å². The number of amides is 1. The largest absolute Gasteiger partial charge is 0.479 e. The van der Waals surface area contributed by atoms with Crippen LogP contribution in [-0.4, -0.2) is 59.4 Å². The Morgan fingerprint density at radius 1 is 1.30 bits per heavy atom. The fraction of sp³-hybridized carbons (Fsp3) is 0.500. The quantitative estimate of drug-likeness (QED) is 0.852. The van der Waals surface area contributed by atoms with Crippen LogP contribution in [0, 0.1) is 0 Å². The molecule has 1 fully saturated rings. The van der Waals surface area contributed by atoms with E-state index < -0.39 is 17.7 Å². The van der Waals surface area contributed by atoms with Crippen LogP contribution in [0.2, 0.25) is 0 Å². The first-order valence-electron chi connectivity index (χ1n) is 7.57. The van der Waals surface area contributed by atoms with Crippen molar-refractivity contribution < 1.29 is 24.2 Å². The number of likely N-dealkylation sites (tertiary alicyclic amines) is 1. The summed E-state index contributed by atoms with van der Waals surface area (Å²) in [6.45, 7) is 3.22. The molecule has 2 aliphatic heterocycles. The van der Waals surface area contributed by atoms with Crippen LogP contribution >= 0.6 is 0 Å². The normalized spacial score (nSPS) is 20.0. The number of rotatable bonds is 4. The summed E-state index contributed by atoms with van der Waals surface area (Å²) in [6, 6.07) is 0. The van der Waals surface area contributed by atoms with Gasteiger partial charge in [-0.2, -0.15) is 0 Å². The predicted octanol–water partition coefficient (Wildman–Crippen LogP) is 1.94. The predicted molar refractivity (Wildman–Crippen MR) is 83.4 cm³/mol. The van der Waals surface area contributed by atoms with Crippen molar-refractivity contribution in [2.75, 3.05) is 26.8 Å². The summed E-state index contributed by atoms with van der Waals surface area (Å²) in [5.41, 5.74) is -0.179. The minimum atomic E-state index is -1.10. The molecule has 1 amide bonds. The Balaban J connectivity index is 2.01. The van der Waals surface area contributed by atoms with Gasteiger partial charge < -0.3 is 19.5 Å². The number of carbonyl (C=O) groups is 2. The third-order valence-corrected chi connectivity index (χ3v) is 4.11. The maximum absolute atomic E-state index is 11.7. The van der Waals surface area contributed by atoms with E-state index in [0.717, 1.165) is 5.70 Å². The summed E-state index contributed by atoms with van der Waals surface area (Å²) in [7, 11) is 1.44. The third kappa shape index (κ3) is 3.73. The van der Waals surface area contributed by atoms with Gasteiger partial charge in [0.15, 0.2) is 5.60 Å². The topological polar surface area (TPSA) is 79.3 Å². The zero-order chi connectivity index (χ0) is 16.9. The average molecular weight is 322 g/mol. The highest BCUT2D eigenvalue weighted by atomic mass is 16.6. The van der Waals surface area contributed by atoms with Crippen molar-refractivity contribution in [1.82, 2.24) is 9.80 Å². The third-order valence-electron chi connectivity index (χ3n) is 4.11. The molecular formula is C16H22N2O5. The smallest absolute Gasteiger partial charge is 0.417 e. The molecule has 0 aromatic rings. The summed E-state index contributed by atoms with van der Waals surface area (Å²) in [5, 5.41) is 9.34. The number of methoxy groups -OCH3 is 1. The van der Waals surface area contributed by atoms with Gasteiger partial charge in [0.2, 0.25) is 0 Å². The van der Waals surface area contributed by atoms with Gasteiger partial charge in [0, 0.05) is 51.1 Å². The summed E-state index contributed by atoms with van der Waals surface area (Å²) in [5.74, 6) is -0.918. The molecule has 0 atom stereocenters. The Kier molecular flexibility index (Phi) is 5.44. The lowest BCUT2D eigenvalue weighted by molar-refractivity contribution is -0.167. The number of piperidine rings is 1. The lowest BCUT2D eigenvalue weighted by Crippen LogP contribution is -2.50. The monoisotopic (exact) mass is 322 g/mol. The van der Waals surface area contributed by atoms with Crippen LogP contribution in [0.25, 0.3) is 0 Å². The molecule has 0 aliphatic carbocycles. The lowest BCUT2D eigenvalue weighted by Gasteiger charge is -2.39. The zero-order valence-corrected chi connectivity index (χ0v) is 13.4. The number of allylic oxidation sites excluding steroid dienone is 3. The highest BCUT2D eigenvalue weighted by Gasteiger charge is 2.41. The number of hydrogen-bond donors (Lipinski definition) is 1. The summed E-state index contributed by atoms with van der Waals surface area (Å²) >= 11 is 0. The van der Waals surface area contributed by atoms with Crippen molar-refractivity contribution in [1.29, 1.82) is 0 Å². The van der Waals surface area contributed by atoms with Crippen molar-refractivity contribution in [2.45, 2.75) is 25.4 Å². The van der Waals surface area contributed by atoms with Crippen LogP contribution in [0.3, 0.4) is 0 Å². The minimum absolute atomic E-state index is 0.317.